The van der Waals surface area contributed by atoms with Crippen molar-refractivity contribution >= 4 is 5.97 Å². The SMILES string of the molecule is C=CCCC[C@H]1CC[C@H](C(=O)O[C@H]2CC[C@H](CCCC)CC2)CC1. The van der Waals surface area contributed by atoms with Crippen molar-refractivity contribution in [1.29, 1.82) is 0 Å². The molecule has 0 N–H and O–H groups in total. The number of ether oxygens (including phenoxy) is 1. The smallest absolute Gasteiger partial charge is 0.309 e. The first-order chi connectivity index (χ1) is 11.7. The summed E-state index contributed by atoms with van der Waals surface area (Å²) in [5.41, 5.74) is 0. The molecule has 138 valence electrons. The Labute approximate surface area is 149 Å². The normalized spacial score (nSPS) is 30.7. The van der Waals surface area contributed by atoms with E-state index >= 15 is 0 Å². The van der Waals surface area contributed by atoms with Gasteiger partial charge in [-0.3, -0.25) is 4.79 Å². The molecule has 0 spiro atoms. The Bertz CT molecular complexity index is 360. The zero-order chi connectivity index (χ0) is 17.2. The first-order valence-corrected chi connectivity index (χ1v) is 10.5. The predicted molar refractivity (Wildman–Crippen MR) is 101 cm³/mol. The number of hydrogen-bond acceptors (Lipinski definition) is 2. The van der Waals surface area contributed by atoms with Gasteiger partial charge in [0.05, 0.1) is 5.92 Å². The van der Waals surface area contributed by atoms with Crippen LogP contribution in [0.1, 0.15) is 96.8 Å². The topological polar surface area (TPSA) is 26.3 Å². The van der Waals surface area contributed by atoms with Crippen LogP contribution in [0.5, 0.6) is 0 Å². The molecule has 0 radical (unpaired) electrons. The fraction of sp³-hybridized carbons (Fsp3) is 0.864. The van der Waals surface area contributed by atoms with Crippen LogP contribution in [-0.2, 0) is 9.53 Å². The lowest BCUT2D eigenvalue weighted by Gasteiger charge is -2.31. The summed E-state index contributed by atoms with van der Waals surface area (Å²) >= 11 is 0. The van der Waals surface area contributed by atoms with Gasteiger partial charge in [-0.25, -0.2) is 0 Å². The van der Waals surface area contributed by atoms with Crippen molar-refractivity contribution in [3.63, 3.8) is 0 Å². The Hall–Kier alpha value is -0.790. The number of unbranched alkanes of at least 4 members (excludes halogenated alkanes) is 2. The van der Waals surface area contributed by atoms with Gasteiger partial charge in [-0.1, -0.05) is 38.7 Å². The van der Waals surface area contributed by atoms with Crippen molar-refractivity contribution in [3.8, 4) is 0 Å². The Balaban J connectivity index is 1.61. The molecule has 2 aliphatic carbocycles. The number of rotatable bonds is 9. The maximum atomic E-state index is 12.5. The zero-order valence-electron chi connectivity index (χ0n) is 15.8. The van der Waals surface area contributed by atoms with Gasteiger partial charge in [0.25, 0.3) is 0 Å². The summed E-state index contributed by atoms with van der Waals surface area (Å²) in [6.45, 7) is 6.06. The molecule has 2 aliphatic rings. The first-order valence-electron chi connectivity index (χ1n) is 10.5. The van der Waals surface area contributed by atoms with Crippen LogP contribution < -0.4 is 0 Å². The van der Waals surface area contributed by atoms with Crippen LogP contribution in [0.15, 0.2) is 12.7 Å². The molecule has 0 atom stereocenters. The molecule has 0 aliphatic heterocycles. The highest BCUT2D eigenvalue weighted by atomic mass is 16.5. The lowest BCUT2D eigenvalue weighted by molar-refractivity contribution is -0.157. The quantitative estimate of drug-likeness (QED) is 0.275. The number of carbonyl (C=O) groups is 1. The lowest BCUT2D eigenvalue weighted by atomic mass is 9.79. The molecule has 2 nitrogen and oxygen atoms in total. The Morgan fingerprint density at radius 2 is 1.54 bits per heavy atom. The fourth-order valence-corrected chi connectivity index (χ4v) is 4.53. The van der Waals surface area contributed by atoms with Gasteiger partial charge in [-0.2, -0.15) is 0 Å². The van der Waals surface area contributed by atoms with Gasteiger partial charge in [0, 0.05) is 0 Å². The Morgan fingerprint density at radius 1 is 0.958 bits per heavy atom. The molecular formula is C22H38O2. The second-order valence-electron chi connectivity index (χ2n) is 8.16. The maximum absolute atomic E-state index is 12.5. The molecule has 0 bridgehead atoms. The van der Waals surface area contributed by atoms with Crippen molar-refractivity contribution in [2.75, 3.05) is 0 Å². The highest BCUT2D eigenvalue weighted by Gasteiger charge is 2.30. The summed E-state index contributed by atoms with van der Waals surface area (Å²) in [6, 6.07) is 0. The van der Waals surface area contributed by atoms with Crippen LogP contribution in [0.2, 0.25) is 0 Å². The van der Waals surface area contributed by atoms with Gasteiger partial charge in [0.1, 0.15) is 6.10 Å². The van der Waals surface area contributed by atoms with E-state index in [1.54, 1.807) is 0 Å². The van der Waals surface area contributed by atoms with Gasteiger partial charge >= 0.3 is 5.97 Å². The van der Waals surface area contributed by atoms with E-state index in [0.29, 0.717) is 0 Å². The summed E-state index contributed by atoms with van der Waals surface area (Å²) in [4.78, 5) is 12.5. The van der Waals surface area contributed by atoms with Gasteiger partial charge in [-0.05, 0) is 76.0 Å². The monoisotopic (exact) mass is 334 g/mol. The van der Waals surface area contributed by atoms with Gasteiger partial charge < -0.3 is 4.74 Å². The fourth-order valence-electron chi connectivity index (χ4n) is 4.53. The van der Waals surface area contributed by atoms with E-state index in [1.165, 1.54) is 57.8 Å². The molecule has 0 amide bonds. The van der Waals surface area contributed by atoms with Crippen molar-refractivity contribution in [3.05, 3.63) is 12.7 Å². The molecule has 2 fully saturated rings. The van der Waals surface area contributed by atoms with Gasteiger partial charge in [0.15, 0.2) is 0 Å². The highest BCUT2D eigenvalue weighted by Crippen LogP contribution is 2.34. The Kier molecular flexibility index (Phi) is 8.91. The van der Waals surface area contributed by atoms with Crippen molar-refractivity contribution in [2.24, 2.45) is 17.8 Å². The third kappa shape index (κ3) is 6.61. The van der Waals surface area contributed by atoms with Crippen molar-refractivity contribution < 1.29 is 9.53 Å². The standard InChI is InChI=1S/C22H38O2/c1-3-5-7-9-19-10-14-20(15-11-19)22(23)24-21-16-12-18(13-17-21)8-6-4-2/h3,18-21H,1,4-17H2,2H3/t18-,19-,20-,21-. The molecule has 0 saturated heterocycles. The maximum Gasteiger partial charge on any atom is 0.309 e. The average molecular weight is 335 g/mol. The summed E-state index contributed by atoms with van der Waals surface area (Å²) in [5, 5.41) is 0. The van der Waals surface area contributed by atoms with E-state index < -0.39 is 0 Å². The summed E-state index contributed by atoms with van der Waals surface area (Å²) in [7, 11) is 0. The molecule has 2 rings (SSSR count). The van der Waals surface area contributed by atoms with E-state index in [0.717, 1.165) is 43.9 Å². The highest BCUT2D eigenvalue weighted by molar-refractivity contribution is 5.72. The van der Waals surface area contributed by atoms with E-state index in [4.69, 9.17) is 4.74 Å². The van der Waals surface area contributed by atoms with Crippen LogP contribution in [-0.4, -0.2) is 12.1 Å². The van der Waals surface area contributed by atoms with Crippen LogP contribution in [0.3, 0.4) is 0 Å². The second kappa shape index (κ2) is 10.9. The Morgan fingerprint density at radius 3 is 2.12 bits per heavy atom. The molecule has 0 unspecified atom stereocenters. The molecule has 0 aromatic carbocycles. The van der Waals surface area contributed by atoms with Crippen LogP contribution in [0, 0.1) is 17.8 Å². The lowest BCUT2D eigenvalue weighted by Crippen LogP contribution is -2.30. The minimum Gasteiger partial charge on any atom is -0.462 e. The van der Waals surface area contributed by atoms with E-state index in [1.807, 2.05) is 6.08 Å². The van der Waals surface area contributed by atoms with Gasteiger partial charge in [0.2, 0.25) is 0 Å². The molecule has 24 heavy (non-hydrogen) atoms. The van der Waals surface area contributed by atoms with Gasteiger partial charge in [-0.15, -0.1) is 6.58 Å². The van der Waals surface area contributed by atoms with E-state index in [9.17, 15) is 4.79 Å². The third-order valence-electron chi connectivity index (χ3n) is 6.24. The van der Waals surface area contributed by atoms with Crippen molar-refractivity contribution in [1.82, 2.24) is 0 Å². The zero-order valence-corrected chi connectivity index (χ0v) is 15.8. The summed E-state index contributed by atoms with van der Waals surface area (Å²) in [6.07, 6.45) is 19.1. The second-order valence-corrected chi connectivity index (χ2v) is 8.16. The summed E-state index contributed by atoms with van der Waals surface area (Å²) in [5.74, 6) is 1.99. The number of hydrogen-bond donors (Lipinski definition) is 0. The van der Waals surface area contributed by atoms with E-state index in [2.05, 4.69) is 13.5 Å². The van der Waals surface area contributed by atoms with Crippen LogP contribution >= 0.6 is 0 Å². The number of carbonyl (C=O) groups excluding carboxylic acids is 1. The molecular weight excluding hydrogens is 296 g/mol. The molecule has 2 saturated carbocycles. The first kappa shape index (κ1) is 19.5. The molecule has 0 aromatic heterocycles. The average Bonchev–Trinajstić information content (AvgIpc) is 2.62. The largest absolute Gasteiger partial charge is 0.462 e. The molecule has 2 heteroatoms. The number of esters is 1. The predicted octanol–water partition coefficient (Wildman–Crippen LogP) is 6.44. The minimum absolute atomic E-state index is 0.108. The summed E-state index contributed by atoms with van der Waals surface area (Å²) < 4.78 is 5.87. The number of allylic oxidation sites excluding steroid dienone is 1. The minimum atomic E-state index is 0.108. The molecule has 0 heterocycles. The van der Waals surface area contributed by atoms with Crippen LogP contribution in [0.25, 0.3) is 0 Å². The van der Waals surface area contributed by atoms with Crippen LogP contribution in [0.4, 0.5) is 0 Å². The third-order valence-corrected chi connectivity index (χ3v) is 6.24. The van der Waals surface area contributed by atoms with Crippen molar-refractivity contribution in [2.45, 2.75) is 103 Å². The molecule has 0 aromatic rings. The van der Waals surface area contributed by atoms with E-state index in [-0.39, 0.29) is 18.0 Å².